The van der Waals surface area contributed by atoms with Gasteiger partial charge in [-0.15, -0.1) is 0 Å². The summed E-state index contributed by atoms with van der Waals surface area (Å²) in [5, 5.41) is 5.47. The Bertz CT molecular complexity index is 744. The number of ether oxygens (including phenoxy) is 1. The molecule has 1 fully saturated rings. The lowest BCUT2D eigenvalue weighted by Gasteiger charge is -2.30. The van der Waals surface area contributed by atoms with Crippen LogP contribution in [0.15, 0.2) is 18.2 Å². The van der Waals surface area contributed by atoms with Gasteiger partial charge in [0, 0.05) is 37.3 Å². The fourth-order valence-electron chi connectivity index (χ4n) is 2.87. The summed E-state index contributed by atoms with van der Waals surface area (Å²) in [4.78, 5) is 36.3. The van der Waals surface area contributed by atoms with Gasteiger partial charge in [-0.2, -0.15) is 13.2 Å². The van der Waals surface area contributed by atoms with Crippen LogP contribution in [0.1, 0.15) is 25.3 Å². The molecule has 1 aliphatic rings. The Morgan fingerprint density at radius 3 is 2.36 bits per heavy atom. The maximum atomic E-state index is 12.4. The van der Waals surface area contributed by atoms with Crippen molar-refractivity contribution in [1.82, 2.24) is 4.90 Å². The Morgan fingerprint density at radius 2 is 1.82 bits per heavy atom. The van der Waals surface area contributed by atoms with Gasteiger partial charge in [0.05, 0.1) is 0 Å². The van der Waals surface area contributed by atoms with Crippen LogP contribution in [0.5, 0.6) is 0 Å². The predicted octanol–water partition coefficient (Wildman–Crippen LogP) is 3.30. The van der Waals surface area contributed by atoms with E-state index in [-0.39, 0.29) is 30.8 Å². The molecule has 1 aliphatic heterocycles. The molecule has 28 heavy (non-hydrogen) atoms. The van der Waals surface area contributed by atoms with E-state index in [1.807, 2.05) is 0 Å². The van der Waals surface area contributed by atoms with Gasteiger partial charge in [0.1, 0.15) is 0 Å². The molecule has 1 aromatic carbocycles. The molecule has 1 aromatic rings. The van der Waals surface area contributed by atoms with Gasteiger partial charge in [-0.3, -0.25) is 9.59 Å². The fraction of sp³-hybridized carbons (Fsp3) is 0.500. The van der Waals surface area contributed by atoms with E-state index in [2.05, 4.69) is 15.4 Å². The topological polar surface area (TPSA) is 87.7 Å². The van der Waals surface area contributed by atoms with Gasteiger partial charge in [-0.05, 0) is 43.5 Å². The molecule has 2 N–H and O–H groups in total. The molecule has 0 saturated carbocycles. The third-order valence-corrected chi connectivity index (χ3v) is 4.29. The second-order valence-corrected chi connectivity index (χ2v) is 6.63. The lowest BCUT2D eigenvalue weighted by Crippen LogP contribution is -2.42. The summed E-state index contributed by atoms with van der Waals surface area (Å²) < 4.78 is 40.5. The quantitative estimate of drug-likeness (QED) is 0.810. The van der Waals surface area contributed by atoms with Gasteiger partial charge >= 0.3 is 12.3 Å². The SMILES string of the molecule is CC(=O)Nc1ccc(NC(=O)C2CCN(C(=O)OCC(F)(F)F)CC2)cc1C. The number of carbonyl (C=O) groups is 3. The molecule has 0 radical (unpaired) electrons. The lowest BCUT2D eigenvalue weighted by molar-refractivity contribution is -0.162. The molecule has 2 rings (SSSR count). The van der Waals surface area contributed by atoms with Crippen molar-refractivity contribution in [2.75, 3.05) is 30.3 Å². The number of nitrogens with zero attached hydrogens (tertiary/aromatic N) is 1. The zero-order chi connectivity index (χ0) is 20.9. The second kappa shape index (κ2) is 8.94. The van der Waals surface area contributed by atoms with Crippen LogP contribution in [0, 0.1) is 12.8 Å². The van der Waals surface area contributed by atoms with Crippen molar-refractivity contribution in [2.45, 2.75) is 32.9 Å². The van der Waals surface area contributed by atoms with E-state index < -0.39 is 18.9 Å². The summed E-state index contributed by atoms with van der Waals surface area (Å²) in [5.41, 5.74) is 2.01. The molecule has 0 atom stereocenters. The van der Waals surface area contributed by atoms with Gasteiger partial charge < -0.3 is 20.3 Å². The van der Waals surface area contributed by atoms with E-state index in [4.69, 9.17) is 0 Å². The van der Waals surface area contributed by atoms with Crippen molar-refractivity contribution in [3.05, 3.63) is 23.8 Å². The molecule has 0 unspecified atom stereocenters. The number of hydrogen-bond donors (Lipinski definition) is 2. The normalized spacial score (nSPS) is 15.1. The number of anilines is 2. The predicted molar refractivity (Wildman–Crippen MR) is 95.8 cm³/mol. The highest BCUT2D eigenvalue weighted by atomic mass is 19.4. The van der Waals surface area contributed by atoms with E-state index in [0.717, 1.165) is 5.56 Å². The van der Waals surface area contributed by atoms with Crippen LogP contribution in [0.4, 0.5) is 29.3 Å². The third kappa shape index (κ3) is 6.43. The Labute approximate surface area is 160 Å². The minimum absolute atomic E-state index is 0.148. The second-order valence-electron chi connectivity index (χ2n) is 6.63. The number of hydrogen-bond acceptors (Lipinski definition) is 4. The first-order valence-corrected chi connectivity index (χ1v) is 8.72. The molecule has 3 amide bonds. The smallest absolute Gasteiger partial charge is 0.422 e. The molecular formula is C18H22F3N3O4. The minimum Gasteiger partial charge on any atom is -0.440 e. The number of amides is 3. The van der Waals surface area contributed by atoms with Gasteiger partial charge in [0.25, 0.3) is 0 Å². The van der Waals surface area contributed by atoms with Crippen LogP contribution in [-0.2, 0) is 14.3 Å². The van der Waals surface area contributed by atoms with Crippen molar-refractivity contribution in [2.24, 2.45) is 5.92 Å². The van der Waals surface area contributed by atoms with E-state index in [1.165, 1.54) is 11.8 Å². The van der Waals surface area contributed by atoms with Crippen LogP contribution < -0.4 is 10.6 Å². The highest BCUT2D eigenvalue weighted by Gasteiger charge is 2.33. The number of halogens is 3. The van der Waals surface area contributed by atoms with Crippen molar-refractivity contribution in [3.8, 4) is 0 Å². The van der Waals surface area contributed by atoms with E-state index in [1.54, 1.807) is 25.1 Å². The van der Waals surface area contributed by atoms with Crippen LogP contribution in [0.25, 0.3) is 0 Å². The highest BCUT2D eigenvalue weighted by molar-refractivity contribution is 5.94. The molecule has 0 aliphatic carbocycles. The number of alkyl halides is 3. The number of piperidine rings is 1. The molecule has 0 bridgehead atoms. The first-order chi connectivity index (χ1) is 13.0. The number of benzene rings is 1. The zero-order valence-electron chi connectivity index (χ0n) is 15.6. The molecule has 1 saturated heterocycles. The summed E-state index contributed by atoms with van der Waals surface area (Å²) in [6, 6.07) is 5.08. The van der Waals surface area contributed by atoms with Crippen molar-refractivity contribution in [1.29, 1.82) is 0 Å². The largest absolute Gasteiger partial charge is 0.440 e. The van der Waals surface area contributed by atoms with Crippen molar-refractivity contribution < 1.29 is 32.3 Å². The molecular weight excluding hydrogens is 379 g/mol. The molecule has 154 valence electrons. The number of nitrogens with one attached hydrogen (secondary N) is 2. The Hall–Kier alpha value is -2.78. The summed E-state index contributed by atoms with van der Waals surface area (Å²) in [7, 11) is 0. The van der Waals surface area contributed by atoms with E-state index in [0.29, 0.717) is 24.2 Å². The first kappa shape index (κ1) is 21.5. The molecule has 1 heterocycles. The Balaban J connectivity index is 1.84. The summed E-state index contributed by atoms with van der Waals surface area (Å²) in [6.07, 6.45) is -4.94. The number of rotatable bonds is 4. The minimum atomic E-state index is -4.57. The Kier molecular flexibility index (Phi) is 6.87. The summed E-state index contributed by atoms with van der Waals surface area (Å²) in [5.74, 6) is -0.780. The summed E-state index contributed by atoms with van der Waals surface area (Å²) in [6.45, 7) is 1.87. The number of carbonyl (C=O) groups excluding carboxylic acids is 3. The summed E-state index contributed by atoms with van der Waals surface area (Å²) >= 11 is 0. The first-order valence-electron chi connectivity index (χ1n) is 8.72. The molecule has 0 spiro atoms. The standard InChI is InChI=1S/C18H22F3N3O4/c1-11-9-14(3-4-15(11)22-12(2)25)23-16(26)13-5-7-24(8-6-13)17(27)28-10-18(19,20)21/h3-4,9,13H,5-8,10H2,1-2H3,(H,22,25)(H,23,26). The number of aryl methyl sites for hydroxylation is 1. The molecule has 0 aromatic heterocycles. The fourth-order valence-corrected chi connectivity index (χ4v) is 2.87. The third-order valence-electron chi connectivity index (χ3n) is 4.29. The monoisotopic (exact) mass is 401 g/mol. The molecule has 7 nitrogen and oxygen atoms in total. The van der Waals surface area contributed by atoms with Crippen molar-refractivity contribution >= 4 is 29.3 Å². The average molecular weight is 401 g/mol. The average Bonchev–Trinajstić information content (AvgIpc) is 2.61. The lowest BCUT2D eigenvalue weighted by atomic mass is 9.96. The van der Waals surface area contributed by atoms with Crippen LogP contribution in [0.3, 0.4) is 0 Å². The van der Waals surface area contributed by atoms with Crippen LogP contribution in [-0.4, -0.2) is 48.7 Å². The van der Waals surface area contributed by atoms with E-state index in [9.17, 15) is 27.6 Å². The number of likely N-dealkylation sites (tertiary alicyclic amines) is 1. The Morgan fingerprint density at radius 1 is 1.18 bits per heavy atom. The van der Waals surface area contributed by atoms with Gasteiger partial charge in [0.15, 0.2) is 6.61 Å². The van der Waals surface area contributed by atoms with Gasteiger partial charge in [-0.1, -0.05) is 0 Å². The van der Waals surface area contributed by atoms with E-state index >= 15 is 0 Å². The van der Waals surface area contributed by atoms with Gasteiger partial charge in [0.2, 0.25) is 11.8 Å². The maximum absolute atomic E-state index is 12.4. The van der Waals surface area contributed by atoms with Gasteiger partial charge in [-0.25, -0.2) is 4.79 Å². The van der Waals surface area contributed by atoms with Crippen LogP contribution in [0.2, 0.25) is 0 Å². The highest BCUT2D eigenvalue weighted by Crippen LogP contribution is 2.23. The maximum Gasteiger partial charge on any atom is 0.422 e. The molecule has 10 heteroatoms. The van der Waals surface area contributed by atoms with Crippen LogP contribution >= 0.6 is 0 Å². The van der Waals surface area contributed by atoms with Crippen molar-refractivity contribution in [3.63, 3.8) is 0 Å². The zero-order valence-corrected chi connectivity index (χ0v) is 15.6.